The number of hydrogen-bond donors (Lipinski definition) is 1. The van der Waals surface area contributed by atoms with Gasteiger partial charge in [0, 0.05) is 25.0 Å². The third kappa shape index (κ3) is 4.15. The van der Waals surface area contributed by atoms with E-state index in [0.29, 0.717) is 18.8 Å². The van der Waals surface area contributed by atoms with E-state index in [9.17, 15) is 4.79 Å². The summed E-state index contributed by atoms with van der Waals surface area (Å²) >= 11 is 1.40. The third-order valence-corrected chi connectivity index (χ3v) is 3.61. The van der Waals surface area contributed by atoms with Crippen LogP contribution in [0.3, 0.4) is 0 Å². The Balaban J connectivity index is 1.81. The van der Waals surface area contributed by atoms with Gasteiger partial charge in [0.25, 0.3) is 0 Å². The number of thiazole rings is 1. The summed E-state index contributed by atoms with van der Waals surface area (Å²) < 4.78 is 10.5. The third-order valence-electron chi connectivity index (χ3n) is 2.81. The number of aromatic nitrogens is 1. The van der Waals surface area contributed by atoms with E-state index in [-0.39, 0.29) is 12.1 Å². The molecule has 1 unspecified atom stereocenters. The van der Waals surface area contributed by atoms with Gasteiger partial charge in [-0.05, 0) is 14.0 Å². The van der Waals surface area contributed by atoms with E-state index in [1.165, 1.54) is 11.3 Å². The summed E-state index contributed by atoms with van der Waals surface area (Å²) in [5.74, 6) is -0.375. The monoisotopic (exact) mass is 285 g/mol. The molecule has 2 rings (SSSR count). The molecule has 7 heteroatoms. The fourth-order valence-corrected chi connectivity index (χ4v) is 2.54. The number of hydrogen-bond acceptors (Lipinski definition) is 7. The highest BCUT2D eigenvalue weighted by atomic mass is 32.1. The van der Waals surface area contributed by atoms with E-state index < -0.39 is 0 Å². The Hall–Kier alpha value is -1.18. The summed E-state index contributed by atoms with van der Waals surface area (Å²) in [5, 5.41) is 5.62. The normalized spacial score (nSPS) is 20.2. The van der Waals surface area contributed by atoms with Gasteiger partial charge >= 0.3 is 5.97 Å². The number of morpholine rings is 1. The van der Waals surface area contributed by atoms with Crippen LogP contribution in [0.15, 0.2) is 5.38 Å². The summed E-state index contributed by atoms with van der Waals surface area (Å²) in [7, 11) is 2.08. The smallest absolute Gasteiger partial charge is 0.357 e. The van der Waals surface area contributed by atoms with Crippen LogP contribution in [0.5, 0.6) is 0 Å². The lowest BCUT2D eigenvalue weighted by molar-refractivity contribution is -0.0117. The summed E-state index contributed by atoms with van der Waals surface area (Å²) in [4.78, 5) is 17.9. The molecule has 1 fully saturated rings. The highest BCUT2D eigenvalue weighted by molar-refractivity contribution is 7.13. The van der Waals surface area contributed by atoms with Gasteiger partial charge in [0.15, 0.2) is 10.8 Å². The van der Waals surface area contributed by atoms with Crippen molar-refractivity contribution in [3.05, 3.63) is 11.1 Å². The molecule has 1 saturated heterocycles. The van der Waals surface area contributed by atoms with Crippen molar-refractivity contribution in [1.82, 2.24) is 9.88 Å². The maximum Gasteiger partial charge on any atom is 0.357 e. The Morgan fingerprint density at radius 3 is 3.32 bits per heavy atom. The first-order valence-electron chi connectivity index (χ1n) is 6.35. The first-order chi connectivity index (χ1) is 9.19. The molecule has 1 aliphatic heterocycles. The van der Waals surface area contributed by atoms with Crippen LogP contribution in [0.2, 0.25) is 0 Å². The van der Waals surface area contributed by atoms with E-state index in [1.54, 1.807) is 12.3 Å². The summed E-state index contributed by atoms with van der Waals surface area (Å²) in [6.45, 7) is 5.47. The summed E-state index contributed by atoms with van der Waals surface area (Å²) in [5.41, 5.74) is 0.357. The summed E-state index contributed by atoms with van der Waals surface area (Å²) in [6, 6.07) is 0. The quantitative estimate of drug-likeness (QED) is 0.816. The highest BCUT2D eigenvalue weighted by Gasteiger charge is 2.18. The molecule has 1 atom stereocenters. The fourth-order valence-electron chi connectivity index (χ4n) is 1.85. The zero-order chi connectivity index (χ0) is 13.7. The Morgan fingerprint density at radius 1 is 1.74 bits per heavy atom. The van der Waals surface area contributed by atoms with Crippen LogP contribution in [0.1, 0.15) is 17.4 Å². The van der Waals surface area contributed by atoms with Crippen molar-refractivity contribution in [2.45, 2.75) is 13.0 Å². The minimum Gasteiger partial charge on any atom is -0.461 e. The van der Waals surface area contributed by atoms with Gasteiger partial charge in [-0.15, -0.1) is 11.3 Å². The Labute approximate surface area is 116 Å². The van der Waals surface area contributed by atoms with Gasteiger partial charge in [-0.1, -0.05) is 0 Å². The molecule has 0 radical (unpaired) electrons. The zero-order valence-electron chi connectivity index (χ0n) is 11.2. The van der Waals surface area contributed by atoms with Crippen LogP contribution in [-0.2, 0) is 9.47 Å². The molecule has 1 aromatic rings. The second kappa shape index (κ2) is 6.83. The first kappa shape index (κ1) is 14.2. The van der Waals surface area contributed by atoms with Crippen LogP contribution in [0.25, 0.3) is 0 Å². The van der Waals surface area contributed by atoms with Crippen molar-refractivity contribution in [3.63, 3.8) is 0 Å². The molecule has 0 aromatic carbocycles. The van der Waals surface area contributed by atoms with Gasteiger partial charge in [0.1, 0.15) is 0 Å². The lowest BCUT2D eigenvalue weighted by Crippen LogP contribution is -2.43. The minimum atomic E-state index is -0.375. The molecule has 2 heterocycles. The van der Waals surface area contributed by atoms with Crippen LogP contribution >= 0.6 is 11.3 Å². The second-order valence-corrected chi connectivity index (χ2v) is 5.25. The molecule has 0 spiro atoms. The Kier molecular flexibility index (Phi) is 5.12. The van der Waals surface area contributed by atoms with Crippen LogP contribution in [0, 0.1) is 0 Å². The zero-order valence-corrected chi connectivity index (χ0v) is 12.0. The average Bonchev–Trinajstić information content (AvgIpc) is 2.86. The fraction of sp³-hybridized carbons (Fsp3) is 0.667. The van der Waals surface area contributed by atoms with Gasteiger partial charge in [-0.2, -0.15) is 0 Å². The molecule has 1 aromatic heterocycles. The van der Waals surface area contributed by atoms with Crippen molar-refractivity contribution in [2.75, 3.05) is 45.2 Å². The highest BCUT2D eigenvalue weighted by Crippen LogP contribution is 2.16. The molecule has 0 amide bonds. The van der Waals surface area contributed by atoms with Gasteiger partial charge in [0.2, 0.25) is 0 Å². The van der Waals surface area contributed by atoms with Gasteiger partial charge < -0.3 is 19.7 Å². The van der Waals surface area contributed by atoms with Crippen molar-refractivity contribution in [1.29, 1.82) is 0 Å². The number of esters is 1. The molecule has 1 aliphatic rings. The van der Waals surface area contributed by atoms with E-state index in [1.807, 2.05) is 0 Å². The van der Waals surface area contributed by atoms with Crippen molar-refractivity contribution >= 4 is 22.4 Å². The van der Waals surface area contributed by atoms with Crippen molar-refractivity contribution in [3.8, 4) is 0 Å². The van der Waals surface area contributed by atoms with Crippen molar-refractivity contribution in [2.24, 2.45) is 0 Å². The number of carbonyl (C=O) groups excluding carboxylic acids is 1. The number of likely N-dealkylation sites (N-methyl/N-ethyl adjacent to an activating group) is 1. The predicted octanol–water partition coefficient (Wildman–Crippen LogP) is 1.06. The standard InChI is InChI=1S/C12H19N3O3S/c1-3-17-11(16)10-8-19-12(14-10)13-6-9-7-15(2)4-5-18-9/h8-9H,3-7H2,1-2H3,(H,13,14). The van der Waals surface area contributed by atoms with Crippen LogP contribution in [0.4, 0.5) is 5.13 Å². The minimum absolute atomic E-state index is 0.161. The second-order valence-electron chi connectivity index (χ2n) is 4.39. The lowest BCUT2D eigenvalue weighted by atomic mass is 10.3. The van der Waals surface area contributed by atoms with E-state index in [0.717, 1.165) is 24.8 Å². The predicted molar refractivity (Wildman–Crippen MR) is 73.8 cm³/mol. The topological polar surface area (TPSA) is 63.7 Å². The van der Waals surface area contributed by atoms with E-state index >= 15 is 0 Å². The Bertz CT molecular complexity index is 424. The summed E-state index contributed by atoms with van der Waals surface area (Å²) in [6.07, 6.45) is 0.161. The molecule has 0 bridgehead atoms. The van der Waals surface area contributed by atoms with Gasteiger partial charge in [0.05, 0.1) is 19.3 Å². The molecule has 0 aliphatic carbocycles. The lowest BCUT2D eigenvalue weighted by Gasteiger charge is -2.29. The molecule has 1 N–H and O–H groups in total. The van der Waals surface area contributed by atoms with Gasteiger partial charge in [-0.3, -0.25) is 0 Å². The molecule has 106 valence electrons. The number of anilines is 1. The maximum absolute atomic E-state index is 11.5. The van der Waals surface area contributed by atoms with Crippen LogP contribution < -0.4 is 5.32 Å². The SMILES string of the molecule is CCOC(=O)c1csc(NCC2CN(C)CCO2)n1. The van der Waals surface area contributed by atoms with Crippen molar-refractivity contribution < 1.29 is 14.3 Å². The number of nitrogens with zero attached hydrogens (tertiary/aromatic N) is 2. The molecule has 6 nitrogen and oxygen atoms in total. The van der Waals surface area contributed by atoms with E-state index in [2.05, 4.69) is 22.2 Å². The molecule has 19 heavy (non-hydrogen) atoms. The number of ether oxygens (including phenoxy) is 2. The molecular formula is C12H19N3O3S. The molecule has 0 saturated carbocycles. The average molecular weight is 285 g/mol. The van der Waals surface area contributed by atoms with Crippen LogP contribution in [-0.4, -0.2) is 61.9 Å². The van der Waals surface area contributed by atoms with Gasteiger partial charge in [-0.25, -0.2) is 9.78 Å². The number of rotatable bonds is 5. The van der Waals surface area contributed by atoms with E-state index in [4.69, 9.17) is 9.47 Å². The maximum atomic E-state index is 11.5. The largest absolute Gasteiger partial charge is 0.461 e. The Morgan fingerprint density at radius 2 is 2.58 bits per heavy atom. The number of nitrogens with one attached hydrogen (secondary N) is 1. The number of carbonyl (C=O) groups is 1. The first-order valence-corrected chi connectivity index (χ1v) is 7.23. The molecular weight excluding hydrogens is 266 g/mol.